The van der Waals surface area contributed by atoms with Crippen LogP contribution >= 0.6 is 0 Å². The van der Waals surface area contributed by atoms with Crippen LogP contribution in [0.5, 0.6) is 11.5 Å². The number of phenolic OH excluding ortho intramolecular Hbond substituents is 1. The predicted molar refractivity (Wildman–Crippen MR) is 112 cm³/mol. The summed E-state index contributed by atoms with van der Waals surface area (Å²) >= 11 is 0. The standard InChI is InChI=1S/C23H23NO7/c1-13-5-7-14(8-6-13)21(28)19-20(15-9-10-16(25)17(12-15)31-2)24(23(30)22(19)29)11-3-4-18(26)27/h5-10,12,20,25,28H,3-4,11H2,1-2H3,(H,26,27)/b21-19+/t20-/m1/s1. The maximum atomic E-state index is 12.9. The van der Waals surface area contributed by atoms with Crippen molar-refractivity contribution in [3.63, 3.8) is 0 Å². The molecule has 0 aromatic heterocycles. The Labute approximate surface area is 179 Å². The summed E-state index contributed by atoms with van der Waals surface area (Å²) in [7, 11) is 1.37. The summed E-state index contributed by atoms with van der Waals surface area (Å²) in [5.41, 5.74) is 1.69. The molecule has 162 valence electrons. The summed E-state index contributed by atoms with van der Waals surface area (Å²) in [6, 6.07) is 10.3. The highest BCUT2D eigenvalue weighted by Gasteiger charge is 2.46. The van der Waals surface area contributed by atoms with E-state index < -0.39 is 23.7 Å². The summed E-state index contributed by atoms with van der Waals surface area (Å²) in [6.07, 6.45) is -0.0365. The van der Waals surface area contributed by atoms with E-state index in [9.17, 15) is 24.6 Å². The number of Topliss-reactive ketones (excluding diaryl/α,β-unsaturated/α-hetero) is 1. The van der Waals surface area contributed by atoms with Crippen LogP contribution in [0.15, 0.2) is 48.0 Å². The van der Waals surface area contributed by atoms with Gasteiger partial charge >= 0.3 is 5.97 Å². The number of methoxy groups -OCH3 is 1. The van der Waals surface area contributed by atoms with Crippen LogP contribution in [0.4, 0.5) is 0 Å². The number of hydrogen-bond donors (Lipinski definition) is 3. The molecular weight excluding hydrogens is 402 g/mol. The first-order valence-corrected chi connectivity index (χ1v) is 9.68. The van der Waals surface area contributed by atoms with Crippen LogP contribution in [0.3, 0.4) is 0 Å². The van der Waals surface area contributed by atoms with Crippen LogP contribution in [0.1, 0.15) is 35.6 Å². The number of aliphatic hydroxyl groups is 1. The lowest BCUT2D eigenvalue weighted by atomic mass is 9.94. The number of phenols is 1. The number of hydrogen-bond acceptors (Lipinski definition) is 6. The molecule has 0 spiro atoms. The number of aromatic hydroxyl groups is 1. The highest BCUT2D eigenvalue weighted by atomic mass is 16.5. The van der Waals surface area contributed by atoms with Gasteiger partial charge in [-0.15, -0.1) is 0 Å². The van der Waals surface area contributed by atoms with Crippen molar-refractivity contribution in [1.29, 1.82) is 0 Å². The largest absolute Gasteiger partial charge is 0.507 e. The lowest BCUT2D eigenvalue weighted by Crippen LogP contribution is -2.31. The molecule has 1 aliphatic rings. The van der Waals surface area contributed by atoms with E-state index in [1.807, 2.05) is 6.92 Å². The van der Waals surface area contributed by atoms with Crippen molar-refractivity contribution in [2.24, 2.45) is 0 Å². The molecule has 8 nitrogen and oxygen atoms in total. The van der Waals surface area contributed by atoms with Gasteiger partial charge in [0.15, 0.2) is 11.5 Å². The van der Waals surface area contributed by atoms with Gasteiger partial charge in [0, 0.05) is 18.5 Å². The van der Waals surface area contributed by atoms with E-state index in [1.165, 1.54) is 30.2 Å². The van der Waals surface area contributed by atoms with Crippen LogP contribution in [0.2, 0.25) is 0 Å². The average molecular weight is 425 g/mol. The first kappa shape index (κ1) is 21.9. The second kappa shape index (κ2) is 8.91. The minimum absolute atomic E-state index is 0.00934. The fraction of sp³-hybridized carbons (Fsp3) is 0.261. The molecule has 0 saturated carbocycles. The second-order valence-electron chi connectivity index (χ2n) is 7.29. The molecule has 31 heavy (non-hydrogen) atoms. The molecule has 0 bridgehead atoms. The number of aryl methyl sites for hydroxylation is 1. The normalized spacial score (nSPS) is 17.7. The van der Waals surface area contributed by atoms with E-state index >= 15 is 0 Å². The molecule has 0 aliphatic carbocycles. The number of ketones is 1. The lowest BCUT2D eigenvalue weighted by Gasteiger charge is -2.25. The minimum atomic E-state index is -1.01. The Balaban J connectivity index is 2.14. The molecule has 8 heteroatoms. The molecule has 1 heterocycles. The molecule has 1 aliphatic heterocycles. The Morgan fingerprint density at radius 2 is 1.77 bits per heavy atom. The van der Waals surface area contributed by atoms with E-state index in [2.05, 4.69) is 0 Å². The monoisotopic (exact) mass is 425 g/mol. The SMILES string of the molecule is COc1cc([C@@H]2/C(=C(\O)c3ccc(C)cc3)C(=O)C(=O)N2CCCC(=O)O)ccc1O. The molecular formula is C23H23NO7. The second-order valence-corrected chi connectivity index (χ2v) is 7.29. The van der Waals surface area contributed by atoms with Crippen LogP contribution in [-0.2, 0) is 14.4 Å². The molecule has 2 aromatic rings. The fourth-order valence-corrected chi connectivity index (χ4v) is 3.59. The van der Waals surface area contributed by atoms with Crippen LogP contribution < -0.4 is 4.74 Å². The van der Waals surface area contributed by atoms with Gasteiger partial charge in [0.05, 0.1) is 18.7 Å². The number of amides is 1. The Bertz CT molecular complexity index is 1060. The zero-order valence-corrected chi connectivity index (χ0v) is 17.2. The maximum absolute atomic E-state index is 12.9. The van der Waals surface area contributed by atoms with Crippen molar-refractivity contribution in [3.8, 4) is 11.5 Å². The number of carboxylic acids is 1. The summed E-state index contributed by atoms with van der Waals surface area (Å²) in [6.45, 7) is 1.89. The predicted octanol–water partition coefficient (Wildman–Crippen LogP) is 3.00. The molecule has 3 N–H and O–H groups in total. The lowest BCUT2D eigenvalue weighted by molar-refractivity contribution is -0.140. The summed E-state index contributed by atoms with van der Waals surface area (Å²) in [4.78, 5) is 37.8. The number of rotatable bonds is 7. The van der Waals surface area contributed by atoms with Crippen molar-refractivity contribution in [3.05, 3.63) is 64.7 Å². The number of aliphatic hydroxyl groups excluding tert-OH is 1. The quantitative estimate of drug-likeness (QED) is 0.354. The number of carbonyl (C=O) groups is 3. The van der Waals surface area contributed by atoms with Gasteiger partial charge in [-0.1, -0.05) is 35.9 Å². The van der Waals surface area contributed by atoms with Crippen molar-refractivity contribution in [2.45, 2.75) is 25.8 Å². The molecule has 2 aromatic carbocycles. The van der Waals surface area contributed by atoms with Crippen molar-refractivity contribution in [2.75, 3.05) is 13.7 Å². The van der Waals surface area contributed by atoms with Gasteiger partial charge in [-0.25, -0.2) is 0 Å². The first-order valence-electron chi connectivity index (χ1n) is 9.68. The Hall–Kier alpha value is -3.81. The summed E-state index contributed by atoms with van der Waals surface area (Å²) < 4.78 is 5.15. The molecule has 1 atom stereocenters. The molecule has 1 saturated heterocycles. The van der Waals surface area contributed by atoms with Crippen LogP contribution in [0, 0.1) is 6.92 Å². The minimum Gasteiger partial charge on any atom is -0.507 e. The molecule has 0 unspecified atom stereocenters. The number of likely N-dealkylation sites (tertiary alicyclic amines) is 1. The van der Waals surface area contributed by atoms with Gasteiger partial charge < -0.3 is 25.0 Å². The zero-order chi connectivity index (χ0) is 22.7. The summed E-state index contributed by atoms with van der Waals surface area (Å²) in [5, 5.41) is 29.8. The molecule has 3 rings (SSSR count). The van der Waals surface area contributed by atoms with E-state index in [0.29, 0.717) is 11.1 Å². The maximum Gasteiger partial charge on any atom is 0.303 e. The number of aliphatic carboxylic acids is 1. The van der Waals surface area contributed by atoms with Gasteiger partial charge in [-0.05, 0) is 31.0 Å². The number of ether oxygens (including phenoxy) is 1. The van der Waals surface area contributed by atoms with Gasteiger partial charge in [0.2, 0.25) is 0 Å². The van der Waals surface area contributed by atoms with E-state index in [-0.39, 0.29) is 42.2 Å². The summed E-state index contributed by atoms with van der Waals surface area (Å²) in [5.74, 6) is -2.99. The van der Waals surface area contributed by atoms with Crippen molar-refractivity contribution in [1.82, 2.24) is 4.90 Å². The fourth-order valence-electron chi connectivity index (χ4n) is 3.59. The topological polar surface area (TPSA) is 124 Å². The number of carboxylic acid groups (broad SMARTS) is 1. The van der Waals surface area contributed by atoms with Gasteiger partial charge in [-0.3, -0.25) is 14.4 Å². The first-order chi connectivity index (χ1) is 14.7. The van der Waals surface area contributed by atoms with E-state index in [4.69, 9.17) is 9.84 Å². The molecule has 1 amide bonds. The highest BCUT2D eigenvalue weighted by molar-refractivity contribution is 6.46. The Morgan fingerprint density at radius 3 is 2.39 bits per heavy atom. The van der Waals surface area contributed by atoms with Gasteiger partial charge in [-0.2, -0.15) is 0 Å². The smallest absolute Gasteiger partial charge is 0.303 e. The zero-order valence-electron chi connectivity index (χ0n) is 17.2. The van der Waals surface area contributed by atoms with Crippen molar-refractivity contribution < 1.29 is 34.4 Å². The number of nitrogens with zero attached hydrogens (tertiary/aromatic N) is 1. The third-order valence-corrected chi connectivity index (χ3v) is 5.17. The van der Waals surface area contributed by atoms with Crippen LogP contribution in [0.25, 0.3) is 5.76 Å². The highest BCUT2D eigenvalue weighted by Crippen LogP contribution is 2.41. The third-order valence-electron chi connectivity index (χ3n) is 5.17. The number of benzene rings is 2. The van der Waals surface area contributed by atoms with Gasteiger partial charge in [0.25, 0.3) is 11.7 Å². The van der Waals surface area contributed by atoms with Gasteiger partial charge in [0.1, 0.15) is 5.76 Å². The van der Waals surface area contributed by atoms with Crippen LogP contribution in [-0.4, -0.2) is 51.5 Å². The molecule has 1 fully saturated rings. The van der Waals surface area contributed by atoms with E-state index in [1.54, 1.807) is 24.3 Å². The third kappa shape index (κ3) is 4.37. The Kier molecular flexibility index (Phi) is 6.29. The Morgan fingerprint density at radius 1 is 1.10 bits per heavy atom. The average Bonchev–Trinajstić information content (AvgIpc) is 2.99. The van der Waals surface area contributed by atoms with Crippen molar-refractivity contribution >= 4 is 23.4 Å². The number of carbonyl (C=O) groups excluding carboxylic acids is 2. The molecule has 0 radical (unpaired) electrons. The van der Waals surface area contributed by atoms with E-state index in [0.717, 1.165) is 5.56 Å².